The van der Waals surface area contributed by atoms with Gasteiger partial charge in [-0.05, 0) is 18.6 Å². The molecule has 6 heteroatoms. The Morgan fingerprint density at radius 1 is 1.47 bits per heavy atom. The summed E-state index contributed by atoms with van der Waals surface area (Å²) in [6.45, 7) is 1.39. The number of hydrogen-bond donors (Lipinski definition) is 2. The lowest BCUT2D eigenvalue weighted by Crippen LogP contribution is -2.26. The maximum Gasteiger partial charge on any atom is 0.338 e. The summed E-state index contributed by atoms with van der Waals surface area (Å²) in [4.78, 5) is 21.9. The zero-order valence-electron chi connectivity index (χ0n) is 10.7. The molecule has 0 fully saturated rings. The maximum atomic E-state index is 11.7. The summed E-state index contributed by atoms with van der Waals surface area (Å²) in [5, 5.41) is 19.0. The third-order valence-corrected chi connectivity index (χ3v) is 2.75. The van der Waals surface area contributed by atoms with Gasteiger partial charge in [-0.3, -0.25) is 4.79 Å². The predicted octanol–water partition coefficient (Wildman–Crippen LogP) is 0.349. The van der Waals surface area contributed by atoms with E-state index in [-0.39, 0.29) is 12.0 Å². The van der Waals surface area contributed by atoms with Crippen molar-refractivity contribution in [2.45, 2.75) is 19.1 Å². The molecule has 1 aromatic rings. The van der Waals surface area contributed by atoms with E-state index in [2.05, 4.69) is 9.47 Å². The highest BCUT2D eigenvalue weighted by Gasteiger charge is 2.26. The third-order valence-electron chi connectivity index (χ3n) is 2.75. The SMILES string of the molecule is COC(=O)c1cc(C)ccc1C(CO)C(O)OC=O. The largest absolute Gasteiger partial charge is 0.465 e. The van der Waals surface area contributed by atoms with Crippen LogP contribution < -0.4 is 0 Å². The molecule has 0 saturated carbocycles. The molecular formula is C13H16O6. The number of aliphatic hydroxyl groups excluding tert-OH is 2. The minimum absolute atomic E-state index is 0.0827. The second kappa shape index (κ2) is 6.86. The smallest absolute Gasteiger partial charge is 0.338 e. The van der Waals surface area contributed by atoms with Gasteiger partial charge < -0.3 is 19.7 Å². The van der Waals surface area contributed by atoms with E-state index in [1.54, 1.807) is 25.1 Å². The summed E-state index contributed by atoms with van der Waals surface area (Å²) in [5.74, 6) is -1.50. The maximum absolute atomic E-state index is 11.7. The number of hydrogen-bond acceptors (Lipinski definition) is 6. The summed E-state index contributed by atoms with van der Waals surface area (Å²) in [5.41, 5.74) is 1.40. The molecular weight excluding hydrogens is 252 g/mol. The molecule has 0 saturated heterocycles. The summed E-state index contributed by atoms with van der Waals surface area (Å²) in [6.07, 6.45) is -1.53. The van der Waals surface area contributed by atoms with Gasteiger partial charge in [-0.2, -0.15) is 0 Å². The fourth-order valence-corrected chi connectivity index (χ4v) is 1.77. The van der Waals surface area contributed by atoms with Crippen LogP contribution in [0.25, 0.3) is 0 Å². The van der Waals surface area contributed by atoms with Crippen LogP contribution in [0.5, 0.6) is 0 Å². The van der Waals surface area contributed by atoms with Crippen LogP contribution in [0.2, 0.25) is 0 Å². The van der Waals surface area contributed by atoms with E-state index in [0.29, 0.717) is 5.56 Å². The lowest BCUT2D eigenvalue weighted by Gasteiger charge is -2.21. The molecule has 0 aliphatic rings. The molecule has 0 spiro atoms. The van der Waals surface area contributed by atoms with Gasteiger partial charge in [0.1, 0.15) is 0 Å². The van der Waals surface area contributed by atoms with Crippen LogP contribution in [0.4, 0.5) is 0 Å². The highest BCUT2D eigenvalue weighted by Crippen LogP contribution is 2.25. The number of aryl methyl sites for hydroxylation is 1. The molecule has 0 heterocycles. The Morgan fingerprint density at radius 2 is 2.16 bits per heavy atom. The zero-order chi connectivity index (χ0) is 14.4. The first-order valence-electron chi connectivity index (χ1n) is 5.62. The number of benzene rings is 1. The number of carbonyl (C=O) groups is 2. The molecule has 2 atom stereocenters. The monoisotopic (exact) mass is 268 g/mol. The highest BCUT2D eigenvalue weighted by molar-refractivity contribution is 5.91. The Morgan fingerprint density at radius 3 is 2.68 bits per heavy atom. The zero-order valence-corrected chi connectivity index (χ0v) is 10.7. The van der Waals surface area contributed by atoms with E-state index < -0.39 is 24.8 Å². The average Bonchev–Trinajstić information content (AvgIpc) is 2.40. The van der Waals surface area contributed by atoms with Gasteiger partial charge in [-0.25, -0.2) is 4.79 Å². The quantitative estimate of drug-likeness (QED) is 0.439. The number of carbonyl (C=O) groups excluding carboxylic acids is 2. The minimum Gasteiger partial charge on any atom is -0.465 e. The van der Waals surface area contributed by atoms with Crippen molar-refractivity contribution in [2.75, 3.05) is 13.7 Å². The number of aliphatic hydroxyl groups is 2. The van der Waals surface area contributed by atoms with Crippen LogP contribution >= 0.6 is 0 Å². The number of methoxy groups -OCH3 is 1. The average molecular weight is 268 g/mol. The lowest BCUT2D eigenvalue weighted by molar-refractivity contribution is -0.157. The van der Waals surface area contributed by atoms with E-state index in [4.69, 9.17) is 0 Å². The van der Waals surface area contributed by atoms with Gasteiger partial charge in [0.05, 0.1) is 25.2 Å². The minimum atomic E-state index is -1.53. The molecule has 1 aromatic carbocycles. The van der Waals surface area contributed by atoms with Crippen LogP contribution in [0.1, 0.15) is 27.4 Å². The van der Waals surface area contributed by atoms with Crippen molar-refractivity contribution >= 4 is 12.4 Å². The van der Waals surface area contributed by atoms with Crippen LogP contribution in [0.3, 0.4) is 0 Å². The van der Waals surface area contributed by atoms with Crippen LogP contribution in [-0.4, -0.2) is 42.7 Å². The van der Waals surface area contributed by atoms with Crippen molar-refractivity contribution in [3.05, 3.63) is 34.9 Å². The molecule has 0 radical (unpaired) electrons. The highest BCUT2D eigenvalue weighted by atomic mass is 16.6. The van der Waals surface area contributed by atoms with Gasteiger partial charge in [0.25, 0.3) is 6.47 Å². The molecule has 0 aromatic heterocycles. The summed E-state index contributed by atoms with van der Waals surface area (Å²) in [6, 6.07) is 4.88. The summed E-state index contributed by atoms with van der Waals surface area (Å²) < 4.78 is 9.06. The van der Waals surface area contributed by atoms with Gasteiger partial charge in [-0.1, -0.05) is 17.7 Å². The lowest BCUT2D eigenvalue weighted by atomic mass is 9.93. The van der Waals surface area contributed by atoms with Gasteiger partial charge in [0, 0.05) is 0 Å². The molecule has 0 aliphatic carbocycles. The Balaban J connectivity index is 3.22. The first-order chi connectivity index (χ1) is 9.04. The standard InChI is InChI=1S/C13H16O6/c1-8-3-4-9(10(5-8)12(16)18-2)11(6-14)13(17)19-7-15/h3-5,7,11,13-14,17H,6H2,1-2H3. The molecule has 0 amide bonds. The van der Waals surface area contributed by atoms with Gasteiger partial charge in [-0.15, -0.1) is 0 Å². The molecule has 0 bridgehead atoms. The Labute approximate surface area is 110 Å². The van der Waals surface area contributed by atoms with Crippen molar-refractivity contribution in [3.63, 3.8) is 0 Å². The first-order valence-corrected chi connectivity index (χ1v) is 5.62. The summed E-state index contributed by atoms with van der Waals surface area (Å²) in [7, 11) is 1.24. The van der Waals surface area contributed by atoms with E-state index in [1.807, 2.05) is 0 Å². The van der Waals surface area contributed by atoms with Crippen LogP contribution in [0, 0.1) is 6.92 Å². The number of esters is 1. The molecule has 2 N–H and O–H groups in total. The Bertz CT molecular complexity index is 456. The topological polar surface area (TPSA) is 93.1 Å². The van der Waals surface area contributed by atoms with Gasteiger partial charge >= 0.3 is 5.97 Å². The number of ether oxygens (including phenoxy) is 2. The first kappa shape index (κ1) is 15.1. The van der Waals surface area contributed by atoms with Crippen molar-refractivity contribution in [1.82, 2.24) is 0 Å². The second-order valence-electron chi connectivity index (χ2n) is 3.99. The summed E-state index contributed by atoms with van der Waals surface area (Å²) >= 11 is 0. The fraction of sp³-hybridized carbons (Fsp3) is 0.385. The van der Waals surface area contributed by atoms with Crippen molar-refractivity contribution in [3.8, 4) is 0 Å². The molecule has 104 valence electrons. The molecule has 2 unspecified atom stereocenters. The fourth-order valence-electron chi connectivity index (χ4n) is 1.77. The normalized spacial score (nSPS) is 13.5. The third kappa shape index (κ3) is 3.52. The van der Waals surface area contributed by atoms with E-state index >= 15 is 0 Å². The molecule has 0 aliphatic heterocycles. The van der Waals surface area contributed by atoms with Crippen LogP contribution in [-0.2, 0) is 14.3 Å². The van der Waals surface area contributed by atoms with Crippen molar-refractivity contribution in [1.29, 1.82) is 0 Å². The van der Waals surface area contributed by atoms with Crippen LogP contribution in [0.15, 0.2) is 18.2 Å². The predicted molar refractivity (Wildman–Crippen MR) is 65.5 cm³/mol. The second-order valence-corrected chi connectivity index (χ2v) is 3.99. The molecule has 6 nitrogen and oxygen atoms in total. The van der Waals surface area contributed by atoms with E-state index in [0.717, 1.165) is 5.56 Å². The Hall–Kier alpha value is -1.92. The van der Waals surface area contributed by atoms with Gasteiger partial charge in [0.15, 0.2) is 0 Å². The van der Waals surface area contributed by atoms with Crippen molar-refractivity contribution in [2.24, 2.45) is 0 Å². The van der Waals surface area contributed by atoms with Crippen molar-refractivity contribution < 1.29 is 29.3 Å². The van der Waals surface area contributed by atoms with Gasteiger partial charge in [0.2, 0.25) is 6.29 Å². The number of rotatable bonds is 6. The van der Waals surface area contributed by atoms with E-state index in [1.165, 1.54) is 7.11 Å². The van der Waals surface area contributed by atoms with E-state index in [9.17, 15) is 19.8 Å². The molecule has 1 rings (SSSR count). The molecule has 19 heavy (non-hydrogen) atoms. The Kier molecular flexibility index (Phi) is 5.47.